The minimum Gasteiger partial charge on any atom is -0.325 e. The van der Waals surface area contributed by atoms with E-state index < -0.39 is 0 Å². The molecular formula is C21H23ClN4OS. The van der Waals surface area contributed by atoms with Crippen molar-refractivity contribution >= 4 is 35.0 Å². The van der Waals surface area contributed by atoms with Crippen molar-refractivity contribution in [3.8, 4) is 0 Å². The molecule has 0 saturated carbocycles. The van der Waals surface area contributed by atoms with Gasteiger partial charge in [0, 0.05) is 17.9 Å². The molecule has 5 nitrogen and oxygen atoms in total. The van der Waals surface area contributed by atoms with Gasteiger partial charge in [0.1, 0.15) is 0 Å². The van der Waals surface area contributed by atoms with Crippen LogP contribution in [0.15, 0.2) is 64.6 Å². The number of anilines is 1. The zero-order valence-corrected chi connectivity index (χ0v) is 17.5. The molecule has 0 radical (unpaired) electrons. The molecule has 0 saturated heterocycles. The Morgan fingerprint density at radius 3 is 2.61 bits per heavy atom. The lowest BCUT2D eigenvalue weighted by molar-refractivity contribution is -0.116. The van der Waals surface area contributed by atoms with E-state index >= 15 is 0 Å². The van der Waals surface area contributed by atoms with Crippen LogP contribution < -0.4 is 5.32 Å². The number of nitrogens with one attached hydrogen (secondary N) is 1. The molecule has 28 heavy (non-hydrogen) atoms. The van der Waals surface area contributed by atoms with E-state index in [2.05, 4.69) is 27.5 Å². The molecular weight excluding hydrogens is 392 g/mol. The van der Waals surface area contributed by atoms with E-state index in [9.17, 15) is 4.79 Å². The summed E-state index contributed by atoms with van der Waals surface area (Å²) in [5.41, 5.74) is 2.00. The molecule has 0 fully saturated rings. The van der Waals surface area contributed by atoms with Crippen LogP contribution in [0.4, 0.5) is 5.69 Å². The Kier molecular flexibility index (Phi) is 7.12. The Morgan fingerprint density at radius 2 is 1.86 bits per heavy atom. The summed E-state index contributed by atoms with van der Waals surface area (Å²) in [6.45, 7) is 4.73. The summed E-state index contributed by atoms with van der Waals surface area (Å²) in [7, 11) is 0. The minimum atomic E-state index is 0.00614. The van der Waals surface area contributed by atoms with E-state index in [1.165, 1.54) is 17.3 Å². The normalized spacial score (nSPS) is 11.0. The van der Waals surface area contributed by atoms with Crippen molar-refractivity contribution in [1.82, 2.24) is 14.8 Å². The van der Waals surface area contributed by atoms with Crippen molar-refractivity contribution in [2.75, 3.05) is 5.32 Å². The molecule has 3 aromatic rings. The van der Waals surface area contributed by atoms with E-state index in [4.69, 9.17) is 11.6 Å². The van der Waals surface area contributed by atoms with E-state index in [-0.39, 0.29) is 11.2 Å². The van der Waals surface area contributed by atoms with Gasteiger partial charge in [0.15, 0.2) is 5.16 Å². The molecule has 1 N–H and O–H groups in total. The number of halogens is 1. The summed E-state index contributed by atoms with van der Waals surface area (Å²) in [5.74, 6) is 0.311. The third-order valence-electron chi connectivity index (χ3n) is 4.02. The Hall–Kier alpha value is -2.31. The van der Waals surface area contributed by atoms with Gasteiger partial charge in [-0.25, -0.2) is 4.68 Å². The maximum Gasteiger partial charge on any atom is 0.243 e. The number of nitrogens with zero attached hydrogens (tertiary/aromatic N) is 3. The van der Waals surface area contributed by atoms with Crippen molar-refractivity contribution in [3.05, 3.63) is 65.4 Å². The van der Waals surface area contributed by atoms with Crippen LogP contribution in [-0.2, 0) is 17.8 Å². The van der Waals surface area contributed by atoms with Gasteiger partial charge in [-0.1, -0.05) is 56.3 Å². The largest absolute Gasteiger partial charge is 0.325 e. The van der Waals surface area contributed by atoms with E-state index in [0.29, 0.717) is 24.0 Å². The highest BCUT2D eigenvalue weighted by molar-refractivity contribution is 7.99. The number of benzene rings is 2. The lowest BCUT2D eigenvalue weighted by Crippen LogP contribution is -2.14. The minimum absolute atomic E-state index is 0.00614. The number of aryl methyl sites for hydroxylation is 2. The number of aromatic nitrogens is 3. The predicted molar refractivity (Wildman–Crippen MR) is 114 cm³/mol. The first-order valence-electron chi connectivity index (χ1n) is 9.22. The lowest BCUT2D eigenvalue weighted by atomic mass is 10.1. The molecule has 1 aromatic heterocycles. The van der Waals surface area contributed by atoms with Crippen molar-refractivity contribution < 1.29 is 4.79 Å². The van der Waals surface area contributed by atoms with Gasteiger partial charge in [0.05, 0.1) is 5.69 Å². The molecule has 0 aliphatic rings. The second kappa shape index (κ2) is 9.75. The van der Waals surface area contributed by atoms with E-state index in [1.54, 1.807) is 0 Å². The van der Waals surface area contributed by atoms with Crippen LogP contribution in [0.2, 0.25) is 5.28 Å². The maximum atomic E-state index is 12.2. The zero-order valence-electron chi connectivity index (χ0n) is 15.9. The lowest BCUT2D eigenvalue weighted by Gasteiger charge is -2.12. The summed E-state index contributed by atoms with van der Waals surface area (Å²) in [4.78, 5) is 17.4. The summed E-state index contributed by atoms with van der Waals surface area (Å²) in [6, 6.07) is 17.9. The molecule has 146 valence electrons. The smallest absolute Gasteiger partial charge is 0.243 e. The molecule has 2 aromatic carbocycles. The van der Waals surface area contributed by atoms with Gasteiger partial charge in [0.2, 0.25) is 11.2 Å². The van der Waals surface area contributed by atoms with Crippen molar-refractivity contribution in [3.63, 3.8) is 0 Å². The maximum absolute atomic E-state index is 12.2. The number of para-hydroxylation sites is 1. The number of carbonyl (C=O) groups is 1. The summed E-state index contributed by atoms with van der Waals surface area (Å²) in [5, 5.41) is 8.23. The average molecular weight is 415 g/mol. The average Bonchev–Trinajstić information content (AvgIpc) is 3.01. The summed E-state index contributed by atoms with van der Waals surface area (Å²) >= 11 is 7.52. The number of hydrogen-bond acceptors (Lipinski definition) is 4. The highest BCUT2D eigenvalue weighted by Gasteiger charge is 2.14. The topological polar surface area (TPSA) is 59.8 Å². The summed E-state index contributed by atoms with van der Waals surface area (Å²) in [6.07, 6.45) is 1.32. The first kappa shape index (κ1) is 20.4. The fourth-order valence-electron chi connectivity index (χ4n) is 2.73. The molecule has 0 unspecified atom stereocenters. The third kappa shape index (κ3) is 5.84. The van der Waals surface area contributed by atoms with Crippen molar-refractivity contribution in [2.24, 2.45) is 5.92 Å². The SMILES string of the molecule is CC(C)CC(=O)Nc1ccccc1Sc1nc(Cl)nn1CCc1ccccc1. The first-order valence-corrected chi connectivity index (χ1v) is 10.4. The van der Waals surface area contributed by atoms with Gasteiger partial charge in [-0.3, -0.25) is 4.79 Å². The molecule has 1 heterocycles. The van der Waals surface area contributed by atoms with Crippen molar-refractivity contribution in [2.45, 2.75) is 43.3 Å². The van der Waals surface area contributed by atoms with Gasteiger partial charge in [0.25, 0.3) is 0 Å². The van der Waals surface area contributed by atoms with Gasteiger partial charge in [-0.15, -0.1) is 5.10 Å². The van der Waals surface area contributed by atoms with Crippen LogP contribution in [0.5, 0.6) is 0 Å². The van der Waals surface area contributed by atoms with E-state index in [0.717, 1.165) is 17.0 Å². The number of carbonyl (C=O) groups excluding carboxylic acids is 1. The van der Waals surface area contributed by atoms with Gasteiger partial charge >= 0.3 is 0 Å². The van der Waals surface area contributed by atoms with Crippen LogP contribution in [0.25, 0.3) is 0 Å². The second-order valence-corrected chi connectivity index (χ2v) is 8.21. The van der Waals surface area contributed by atoms with Crippen LogP contribution in [0, 0.1) is 5.92 Å². The fourth-order valence-corrected chi connectivity index (χ4v) is 3.89. The quantitative estimate of drug-likeness (QED) is 0.542. The number of amides is 1. The highest BCUT2D eigenvalue weighted by Crippen LogP contribution is 2.33. The van der Waals surface area contributed by atoms with Crippen LogP contribution in [0.1, 0.15) is 25.8 Å². The van der Waals surface area contributed by atoms with Crippen LogP contribution in [-0.4, -0.2) is 20.7 Å². The monoisotopic (exact) mass is 414 g/mol. The number of rotatable bonds is 8. The molecule has 0 aliphatic heterocycles. The zero-order chi connectivity index (χ0) is 19.9. The number of hydrogen-bond donors (Lipinski definition) is 1. The van der Waals surface area contributed by atoms with Crippen LogP contribution >= 0.6 is 23.4 Å². The Balaban J connectivity index is 1.74. The highest BCUT2D eigenvalue weighted by atomic mass is 35.5. The molecule has 0 bridgehead atoms. The van der Waals surface area contributed by atoms with Crippen molar-refractivity contribution in [1.29, 1.82) is 0 Å². The molecule has 0 aliphatic carbocycles. The molecule has 1 amide bonds. The second-order valence-electron chi connectivity index (χ2n) is 6.87. The first-order chi connectivity index (χ1) is 13.5. The molecule has 0 spiro atoms. The standard InChI is InChI=1S/C21H23ClN4OS/c1-15(2)14-19(27)23-17-10-6-7-11-18(17)28-21-24-20(22)25-26(21)13-12-16-8-4-3-5-9-16/h3-11,15H,12-14H2,1-2H3,(H,23,27). The van der Waals surface area contributed by atoms with Gasteiger partial charge in [-0.2, -0.15) is 4.98 Å². The predicted octanol–water partition coefficient (Wildman–Crippen LogP) is 5.31. The van der Waals surface area contributed by atoms with E-state index in [1.807, 2.05) is 61.0 Å². The van der Waals surface area contributed by atoms with Gasteiger partial charge in [-0.05, 0) is 53.4 Å². The Morgan fingerprint density at radius 1 is 1.14 bits per heavy atom. The van der Waals surface area contributed by atoms with Gasteiger partial charge < -0.3 is 5.32 Å². The Bertz CT molecular complexity index is 927. The fraction of sp³-hybridized carbons (Fsp3) is 0.286. The molecule has 7 heteroatoms. The molecule has 3 rings (SSSR count). The Labute approximate surface area is 174 Å². The third-order valence-corrected chi connectivity index (χ3v) is 5.24. The van der Waals surface area contributed by atoms with Crippen LogP contribution in [0.3, 0.4) is 0 Å². The summed E-state index contributed by atoms with van der Waals surface area (Å²) < 4.78 is 1.81. The molecule has 0 atom stereocenters.